The third kappa shape index (κ3) is 5.87. The minimum Gasteiger partial charge on any atom is -0.490 e. The Morgan fingerprint density at radius 2 is 1.93 bits per heavy atom. The van der Waals surface area contributed by atoms with E-state index in [0.29, 0.717) is 22.8 Å². The first kappa shape index (κ1) is 22.1. The number of thiocarbonyl (C=S) groups is 1. The number of carbonyl (C=O) groups excluding carboxylic acids is 2. The van der Waals surface area contributed by atoms with E-state index in [-0.39, 0.29) is 28.0 Å². The van der Waals surface area contributed by atoms with E-state index >= 15 is 0 Å². The Labute approximate surface area is 176 Å². The summed E-state index contributed by atoms with van der Waals surface area (Å²) in [6.45, 7) is 1.72. The van der Waals surface area contributed by atoms with Gasteiger partial charge in [0.05, 0.1) is 22.7 Å². The van der Waals surface area contributed by atoms with Crippen molar-refractivity contribution >= 4 is 57.8 Å². The van der Waals surface area contributed by atoms with Crippen molar-refractivity contribution in [3.05, 3.63) is 57.1 Å². The molecule has 0 aromatic heterocycles. The lowest BCUT2D eigenvalue weighted by molar-refractivity contribution is -0.385. The maximum atomic E-state index is 12.4. The van der Waals surface area contributed by atoms with Crippen LogP contribution in [0.15, 0.2) is 36.4 Å². The molecule has 0 fully saturated rings. The molecular formula is C18H17ClN4O5S. The Bertz CT molecular complexity index is 983. The molecule has 9 nitrogen and oxygen atoms in total. The van der Waals surface area contributed by atoms with Gasteiger partial charge in [0.15, 0.2) is 10.9 Å². The van der Waals surface area contributed by atoms with Crippen molar-refractivity contribution in [1.82, 2.24) is 5.32 Å². The van der Waals surface area contributed by atoms with Gasteiger partial charge in [0, 0.05) is 23.7 Å². The molecule has 152 valence electrons. The first-order valence-corrected chi connectivity index (χ1v) is 9.08. The molecule has 0 bridgehead atoms. The van der Waals surface area contributed by atoms with Gasteiger partial charge < -0.3 is 15.4 Å². The van der Waals surface area contributed by atoms with E-state index in [4.69, 9.17) is 28.6 Å². The smallest absolute Gasteiger partial charge is 0.311 e. The molecule has 11 heteroatoms. The fraction of sp³-hybridized carbons (Fsp3) is 0.167. The number of hydrogen-bond acceptors (Lipinski definition) is 6. The predicted molar refractivity (Wildman–Crippen MR) is 114 cm³/mol. The third-order valence-electron chi connectivity index (χ3n) is 3.68. The van der Waals surface area contributed by atoms with Gasteiger partial charge in [-0.2, -0.15) is 0 Å². The summed E-state index contributed by atoms with van der Waals surface area (Å²) in [5.41, 5.74) is 0.549. The average Bonchev–Trinajstić information content (AvgIpc) is 2.69. The number of methoxy groups -OCH3 is 1. The number of hydrogen-bond donors (Lipinski definition) is 3. The van der Waals surface area contributed by atoms with Gasteiger partial charge in [0.1, 0.15) is 0 Å². The third-order valence-corrected chi connectivity index (χ3v) is 4.22. The normalized spacial score (nSPS) is 10.0. The van der Waals surface area contributed by atoms with Gasteiger partial charge in [-0.3, -0.25) is 25.0 Å². The molecule has 0 aliphatic carbocycles. The largest absolute Gasteiger partial charge is 0.490 e. The molecule has 0 saturated carbocycles. The van der Waals surface area contributed by atoms with Crippen LogP contribution in [0.5, 0.6) is 5.75 Å². The Morgan fingerprint density at radius 1 is 1.21 bits per heavy atom. The Kier molecular flexibility index (Phi) is 7.46. The van der Waals surface area contributed by atoms with Crippen molar-refractivity contribution in [3.8, 4) is 5.75 Å². The molecule has 0 spiro atoms. The first-order chi connectivity index (χ1) is 13.7. The Hall–Kier alpha value is -3.24. The molecule has 0 aliphatic heterocycles. The van der Waals surface area contributed by atoms with Crippen molar-refractivity contribution in [1.29, 1.82) is 0 Å². The highest BCUT2D eigenvalue weighted by Gasteiger charge is 2.19. The quantitative estimate of drug-likeness (QED) is 0.358. The standard InChI is InChI=1S/C18H17ClN4O5S/c1-3-16(24)20-11-5-6-12(19)13(9-11)21-18(29)22-17(25)10-4-7-15(28-2)14(8-10)23(26)27/h4-9H,3H2,1-2H3,(H,20,24)(H2,21,22,25,29). The predicted octanol–water partition coefficient (Wildman–Crippen LogP) is 3.73. The lowest BCUT2D eigenvalue weighted by Crippen LogP contribution is -2.34. The van der Waals surface area contributed by atoms with Crippen molar-refractivity contribution < 1.29 is 19.2 Å². The minimum absolute atomic E-state index is 0.0247. The maximum Gasteiger partial charge on any atom is 0.311 e. The second-order valence-corrected chi connectivity index (χ2v) is 6.46. The van der Waals surface area contributed by atoms with E-state index in [0.717, 1.165) is 6.07 Å². The van der Waals surface area contributed by atoms with Crippen LogP contribution in [0.25, 0.3) is 0 Å². The number of ether oxygens (including phenoxy) is 1. The number of anilines is 2. The van der Waals surface area contributed by atoms with E-state index < -0.39 is 10.8 Å². The zero-order valence-corrected chi connectivity index (χ0v) is 17.0. The average molecular weight is 437 g/mol. The van der Waals surface area contributed by atoms with Crippen molar-refractivity contribution in [2.24, 2.45) is 0 Å². The van der Waals surface area contributed by atoms with Crippen LogP contribution in [0, 0.1) is 10.1 Å². The molecule has 2 aromatic carbocycles. The number of carbonyl (C=O) groups is 2. The number of rotatable bonds is 6. The van der Waals surface area contributed by atoms with E-state index in [9.17, 15) is 19.7 Å². The van der Waals surface area contributed by atoms with Gasteiger partial charge in [-0.15, -0.1) is 0 Å². The number of nitro benzene ring substituents is 1. The van der Waals surface area contributed by atoms with Gasteiger partial charge in [-0.1, -0.05) is 18.5 Å². The van der Waals surface area contributed by atoms with Crippen LogP contribution >= 0.6 is 23.8 Å². The van der Waals surface area contributed by atoms with Crippen LogP contribution in [-0.4, -0.2) is 29.0 Å². The van der Waals surface area contributed by atoms with Crippen LogP contribution in [0.2, 0.25) is 5.02 Å². The summed E-state index contributed by atoms with van der Waals surface area (Å²) in [5.74, 6) is -0.792. The second kappa shape index (κ2) is 9.80. The molecule has 0 heterocycles. The van der Waals surface area contributed by atoms with Crippen molar-refractivity contribution in [3.63, 3.8) is 0 Å². The molecule has 2 rings (SSSR count). The van der Waals surface area contributed by atoms with Gasteiger partial charge in [-0.25, -0.2) is 0 Å². The zero-order chi connectivity index (χ0) is 21.6. The summed E-state index contributed by atoms with van der Waals surface area (Å²) >= 11 is 11.2. The molecular weight excluding hydrogens is 420 g/mol. The number of amides is 2. The highest BCUT2D eigenvalue weighted by atomic mass is 35.5. The highest BCUT2D eigenvalue weighted by molar-refractivity contribution is 7.80. The monoisotopic (exact) mass is 436 g/mol. The minimum atomic E-state index is -0.653. The summed E-state index contributed by atoms with van der Waals surface area (Å²) in [6.07, 6.45) is 0.313. The maximum absolute atomic E-state index is 12.4. The van der Waals surface area contributed by atoms with E-state index in [1.165, 1.54) is 19.2 Å². The summed E-state index contributed by atoms with van der Waals surface area (Å²) in [6, 6.07) is 8.53. The number of halogens is 1. The summed E-state index contributed by atoms with van der Waals surface area (Å²) in [7, 11) is 1.29. The molecule has 2 aromatic rings. The van der Waals surface area contributed by atoms with E-state index in [1.54, 1.807) is 25.1 Å². The summed E-state index contributed by atoms with van der Waals surface area (Å²) in [4.78, 5) is 34.3. The van der Waals surface area contributed by atoms with Crippen LogP contribution in [0.4, 0.5) is 17.1 Å². The fourth-order valence-electron chi connectivity index (χ4n) is 2.25. The van der Waals surface area contributed by atoms with Crippen LogP contribution in [0.3, 0.4) is 0 Å². The molecule has 0 aliphatic rings. The number of benzene rings is 2. The van der Waals surface area contributed by atoms with E-state index in [1.807, 2.05) is 0 Å². The molecule has 0 saturated heterocycles. The van der Waals surface area contributed by atoms with Crippen molar-refractivity contribution in [2.45, 2.75) is 13.3 Å². The topological polar surface area (TPSA) is 123 Å². The second-order valence-electron chi connectivity index (χ2n) is 5.65. The number of nitro groups is 1. The summed E-state index contributed by atoms with van der Waals surface area (Å²) < 4.78 is 4.91. The first-order valence-electron chi connectivity index (χ1n) is 8.29. The number of nitrogens with zero attached hydrogens (tertiary/aromatic N) is 1. The lowest BCUT2D eigenvalue weighted by atomic mass is 10.1. The Morgan fingerprint density at radius 3 is 2.55 bits per heavy atom. The van der Waals surface area contributed by atoms with Gasteiger partial charge >= 0.3 is 5.69 Å². The van der Waals surface area contributed by atoms with Gasteiger partial charge in [-0.05, 0) is 42.5 Å². The highest BCUT2D eigenvalue weighted by Crippen LogP contribution is 2.28. The van der Waals surface area contributed by atoms with Crippen LogP contribution < -0.4 is 20.7 Å². The lowest BCUT2D eigenvalue weighted by Gasteiger charge is -2.13. The molecule has 0 unspecified atom stereocenters. The van der Waals surface area contributed by atoms with Gasteiger partial charge in [0.25, 0.3) is 5.91 Å². The summed E-state index contributed by atoms with van der Waals surface area (Å²) in [5, 5.41) is 19.2. The molecule has 0 radical (unpaired) electrons. The Balaban J connectivity index is 2.12. The van der Waals surface area contributed by atoms with Gasteiger partial charge in [0.2, 0.25) is 5.91 Å². The zero-order valence-electron chi connectivity index (χ0n) is 15.4. The SMILES string of the molecule is CCC(=O)Nc1ccc(Cl)c(NC(=S)NC(=O)c2ccc(OC)c([N+](=O)[O-])c2)c1. The molecule has 29 heavy (non-hydrogen) atoms. The van der Waals surface area contributed by atoms with Crippen LogP contribution in [0.1, 0.15) is 23.7 Å². The molecule has 3 N–H and O–H groups in total. The molecule has 2 amide bonds. The number of nitrogens with one attached hydrogen (secondary N) is 3. The molecule has 0 atom stereocenters. The van der Waals surface area contributed by atoms with Crippen molar-refractivity contribution in [2.75, 3.05) is 17.7 Å². The fourth-order valence-corrected chi connectivity index (χ4v) is 2.62. The van der Waals surface area contributed by atoms with E-state index in [2.05, 4.69) is 16.0 Å². The van der Waals surface area contributed by atoms with Crippen LogP contribution in [-0.2, 0) is 4.79 Å².